The quantitative estimate of drug-likeness (QED) is 0.838. The van der Waals surface area contributed by atoms with Gasteiger partial charge in [-0.05, 0) is 56.8 Å². The van der Waals surface area contributed by atoms with E-state index >= 15 is 0 Å². The van der Waals surface area contributed by atoms with Gasteiger partial charge in [0.1, 0.15) is 0 Å². The van der Waals surface area contributed by atoms with Crippen LogP contribution in [0.1, 0.15) is 70.5 Å². The number of hydrogen-bond acceptors (Lipinski definition) is 2. The molecule has 0 radical (unpaired) electrons. The first-order valence-corrected chi connectivity index (χ1v) is 8.68. The largest absolute Gasteiger partial charge is 0.309 e. The predicted molar refractivity (Wildman–Crippen MR) is 91.8 cm³/mol. The molecule has 0 spiro atoms. The summed E-state index contributed by atoms with van der Waals surface area (Å²) in [6, 6.07) is 10.7. The van der Waals surface area contributed by atoms with Crippen LogP contribution < -0.4 is 5.32 Å². The second kappa shape index (κ2) is 7.42. The SMILES string of the molecule is CCCN(C(C)C)C1CC(C)c2ccccc2C1NCC. The van der Waals surface area contributed by atoms with Crippen LogP contribution in [0.2, 0.25) is 0 Å². The van der Waals surface area contributed by atoms with Crippen molar-refractivity contribution < 1.29 is 0 Å². The maximum atomic E-state index is 3.76. The normalized spacial score (nSPS) is 25.4. The molecule has 0 aliphatic heterocycles. The Morgan fingerprint density at radius 2 is 1.86 bits per heavy atom. The Morgan fingerprint density at radius 1 is 1.19 bits per heavy atom. The van der Waals surface area contributed by atoms with Crippen molar-refractivity contribution in [3.8, 4) is 0 Å². The molecule has 0 fully saturated rings. The molecule has 1 N–H and O–H groups in total. The highest BCUT2D eigenvalue weighted by atomic mass is 15.2. The van der Waals surface area contributed by atoms with E-state index in [0.717, 1.165) is 6.54 Å². The van der Waals surface area contributed by atoms with Crippen LogP contribution in [0.15, 0.2) is 24.3 Å². The zero-order valence-electron chi connectivity index (χ0n) is 14.4. The van der Waals surface area contributed by atoms with Gasteiger partial charge in [-0.15, -0.1) is 0 Å². The highest BCUT2D eigenvalue weighted by molar-refractivity contribution is 5.36. The van der Waals surface area contributed by atoms with Gasteiger partial charge in [-0.2, -0.15) is 0 Å². The fraction of sp³-hybridized carbons (Fsp3) is 0.684. The molecule has 1 aromatic carbocycles. The smallest absolute Gasteiger partial charge is 0.0481 e. The van der Waals surface area contributed by atoms with Gasteiger partial charge in [0.2, 0.25) is 0 Å². The molecular weight excluding hydrogens is 256 g/mol. The summed E-state index contributed by atoms with van der Waals surface area (Å²) >= 11 is 0. The lowest BCUT2D eigenvalue weighted by Crippen LogP contribution is -2.50. The van der Waals surface area contributed by atoms with Gasteiger partial charge >= 0.3 is 0 Å². The summed E-state index contributed by atoms with van der Waals surface area (Å²) < 4.78 is 0. The van der Waals surface area contributed by atoms with E-state index in [4.69, 9.17) is 0 Å². The third kappa shape index (κ3) is 3.49. The van der Waals surface area contributed by atoms with Crippen molar-refractivity contribution in [2.45, 2.75) is 71.5 Å². The van der Waals surface area contributed by atoms with E-state index in [2.05, 4.69) is 69.1 Å². The second-order valence-electron chi connectivity index (χ2n) is 6.70. The van der Waals surface area contributed by atoms with Crippen LogP contribution in [-0.4, -0.2) is 30.1 Å². The van der Waals surface area contributed by atoms with Gasteiger partial charge in [0.25, 0.3) is 0 Å². The number of likely N-dealkylation sites (N-methyl/N-ethyl adjacent to an activating group) is 1. The Morgan fingerprint density at radius 3 is 2.43 bits per heavy atom. The minimum absolute atomic E-state index is 0.469. The summed E-state index contributed by atoms with van der Waals surface area (Å²) in [6.45, 7) is 13.8. The summed E-state index contributed by atoms with van der Waals surface area (Å²) in [4.78, 5) is 2.71. The molecule has 0 amide bonds. The zero-order chi connectivity index (χ0) is 15.4. The summed E-state index contributed by atoms with van der Waals surface area (Å²) in [6.07, 6.45) is 2.48. The minimum atomic E-state index is 0.469. The monoisotopic (exact) mass is 288 g/mol. The summed E-state index contributed by atoms with van der Waals surface area (Å²) in [5.74, 6) is 0.652. The highest BCUT2D eigenvalue weighted by Crippen LogP contribution is 2.40. The molecular formula is C19H32N2. The second-order valence-corrected chi connectivity index (χ2v) is 6.70. The fourth-order valence-electron chi connectivity index (χ4n) is 3.93. The van der Waals surface area contributed by atoms with E-state index in [-0.39, 0.29) is 0 Å². The van der Waals surface area contributed by atoms with Gasteiger partial charge in [-0.25, -0.2) is 0 Å². The summed E-state index contributed by atoms with van der Waals surface area (Å²) in [5.41, 5.74) is 3.06. The van der Waals surface area contributed by atoms with Crippen LogP contribution in [0.25, 0.3) is 0 Å². The lowest BCUT2D eigenvalue weighted by Gasteiger charge is -2.45. The Hall–Kier alpha value is -0.860. The molecule has 2 rings (SSSR count). The number of benzene rings is 1. The van der Waals surface area contributed by atoms with Gasteiger partial charge in [-0.1, -0.05) is 45.0 Å². The molecule has 1 aliphatic rings. The van der Waals surface area contributed by atoms with Crippen LogP contribution >= 0.6 is 0 Å². The molecule has 118 valence electrons. The van der Waals surface area contributed by atoms with E-state index in [0.29, 0.717) is 24.0 Å². The number of nitrogens with one attached hydrogen (secondary N) is 1. The van der Waals surface area contributed by atoms with E-state index in [9.17, 15) is 0 Å². The van der Waals surface area contributed by atoms with Crippen molar-refractivity contribution in [3.63, 3.8) is 0 Å². The Kier molecular flexibility index (Phi) is 5.83. The standard InChI is InChI=1S/C19H32N2/c1-6-12-21(14(3)4)18-13-15(5)16-10-8-9-11-17(16)19(18)20-7-2/h8-11,14-15,18-20H,6-7,12-13H2,1-5H3. The average molecular weight is 288 g/mol. The first kappa shape index (κ1) is 16.5. The molecule has 21 heavy (non-hydrogen) atoms. The van der Waals surface area contributed by atoms with Crippen LogP contribution in [0, 0.1) is 0 Å². The Bertz CT molecular complexity index is 441. The van der Waals surface area contributed by atoms with Crippen LogP contribution in [0.4, 0.5) is 0 Å². The Labute approximate surface area is 130 Å². The minimum Gasteiger partial charge on any atom is -0.309 e. The van der Waals surface area contributed by atoms with E-state index in [1.807, 2.05) is 0 Å². The third-order valence-corrected chi connectivity index (χ3v) is 4.84. The topological polar surface area (TPSA) is 15.3 Å². The first-order valence-electron chi connectivity index (χ1n) is 8.68. The van der Waals surface area contributed by atoms with Crippen LogP contribution in [0.3, 0.4) is 0 Å². The molecule has 0 saturated carbocycles. The van der Waals surface area contributed by atoms with Gasteiger partial charge in [0.05, 0.1) is 0 Å². The van der Waals surface area contributed by atoms with Gasteiger partial charge in [0, 0.05) is 18.1 Å². The molecule has 0 saturated heterocycles. The number of hydrogen-bond donors (Lipinski definition) is 1. The fourth-order valence-corrected chi connectivity index (χ4v) is 3.93. The third-order valence-electron chi connectivity index (χ3n) is 4.84. The zero-order valence-corrected chi connectivity index (χ0v) is 14.4. The lowest BCUT2D eigenvalue weighted by atomic mass is 9.77. The van der Waals surface area contributed by atoms with Crippen molar-refractivity contribution >= 4 is 0 Å². The van der Waals surface area contributed by atoms with Gasteiger partial charge in [0.15, 0.2) is 0 Å². The highest BCUT2D eigenvalue weighted by Gasteiger charge is 2.36. The maximum Gasteiger partial charge on any atom is 0.0481 e. The van der Waals surface area contributed by atoms with Gasteiger partial charge < -0.3 is 5.32 Å². The molecule has 0 bridgehead atoms. The number of rotatable bonds is 6. The molecule has 3 unspecified atom stereocenters. The molecule has 0 aromatic heterocycles. The van der Waals surface area contributed by atoms with Crippen LogP contribution in [-0.2, 0) is 0 Å². The maximum absolute atomic E-state index is 3.76. The van der Waals surface area contributed by atoms with Crippen molar-refractivity contribution in [2.24, 2.45) is 0 Å². The molecule has 3 atom stereocenters. The first-order chi connectivity index (χ1) is 10.1. The predicted octanol–water partition coefficient (Wildman–Crippen LogP) is 4.33. The van der Waals surface area contributed by atoms with E-state index in [1.165, 1.54) is 24.9 Å². The average Bonchev–Trinajstić information content (AvgIpc) is 2.47. The molecule has 2 nitrogen and oxygen atoms in total. The van der Waals surface area contributed by atoms with Crippen molar-refractivity contribution in [3.05, 3.63) is 35.4 Å². The number of nitrogens with zero attached hydrogens (tertiary/aromatic N) is 1. The molecule has 1 aliphatic carbocycles. The molecule has 0 heterocycles. The number of fused-ring (bicyclic) bond motifs is 1. The molecule has 2 heteroatoms. The van der Waals surface area contributed by atoms with Crippen molar-refractivity contribution in [1.82, 2.24) is 10.2 Å². The van der Waals surface area contributed by atoms with Gasteiger partial charge in [-0.3, -0.25) is 4.90 Å². The van der Waals surface area contributed by atoms with E-state index < -0.39 is 0 Å². The van der Waals surface area contributed by atoms with Crippen molar-refractivity contribution in [2.75, 3.05) is 13.1 Å². The Balaban J connectivity index is 2.37. The van der Waals surface area contributed by atoms with Crippen molar-refractivity contribution in [1.29, 1.82) is 0 Å². The summed E-state index contributed by atoms with van der Waals surface area (Å²) in [7, 11) is 0. The molecule has 1 aromatic rings. The van der Waals surface area contributed by atoms with Crippen LogP contribution in [0.5, 0.6) is 0 Å². The summed E-state index contributed by atoms with van der Waals surface area (Å²) in [5, 5.41) is 3.76. The lowest BCUT2D eigenvalue weighted by molar-refractivity contribution is 0.101. The van der Waals surface area contributed by atoms with E-state index in [1.54, 1.807) is 5.56 Å².